The molecule has 0 spiro atoms. The molecule has 0 unspecified atom stereocenters. The zero-order chi connectivity index (χ0) is 17.8. The van der Waals surface area contributed by atoms with E-state index in [1.54, 1.807) is 16.9 Å². The standard InChI is InChI=1S/C19H21N3O3/c1-14-4-3-5-15(12-14)20-18(23)13-21-10-11-22(19(21)24)16-6-8-17(25-2)9-7-16/h3-9,12H,10-11,13H2,1-2H3,(H,20,23). The van der Waals surface area contributed by atoms with Crippen molar-refractivity contribution in [1.82, 2.24) is 4.90 Å². The van der Waals surface area contributed by atoms with Crippen LogP contribution in [-0.2, 0) is 4.79 Å². The number of methoxy groups -OCH3 is 1. The molecule has 1 fully saturated rings. The molecular weight excluding hydrogens is 318 g/mol. The maximum atomic E-state index is 12.5. The minimum absolute atomic E-state index is 0.0411. The minimum Gasteiger partial charge on any atom is -0.497 e. The van der Waals surface area contributed by atoms with Gasteiger partial charge in [0.15, 0.2) is 0 Å². The van der Waals surface area contributed by atoms with E-state index in [1.165, 1.54) is 0 Å². The number of hydrogen-bond acceptors (Lipinski definition) is 3. The molecule has 25 heavy (non-hydrogen) atoms. The first kappa shape index (κ1) is 16.8. The van der Waals surface area contributed by atoms with Crippen LogP contribution in [0.15, 0.2) is 48.5 Å². The Kier molecular flexibility index (Phi) is 4.88. The van der Waals surface area contributed by atoms with E-state index in [2.05, 4.69) is 5.32 Å². The van der Waals surface area contributed by atoms with Crippen molar-refractivity contribution >= 4 is 23.3 Å². The summed E-state index contributed by atoms with van der Waals surface area (Å²) in [4.78, 5) is 28.0. The summed E-state index contributed by atoms with van der Waals surface area (Å²) in [6, 6.07) is 14.7. The van der Waals surface area contributed by atoms with Crippen LogP contribution in [-0.4, -0.2) is 43.6 Å². The number of hydrogen-bond donors (Lipinski definition) is 1. The van der Waals surface area contributed by atoms with Gasteiger partial charge in [-0.3, -0.25) is 9.69 Å². The lowest BCUT2D eigenvalue weighted by Gasteiger charge is -2.18. The van der Waals surface area contributed by atoms with Crippen molar-refractivity contribution in [2.45, 2.75) is 6.92 Å². The number of carbonyl (C=O) groups is 2. The molecule has 0 saturated carbocycles. The van der Waals surface area contributed by atoms with Crippen molar-refractivity contribution in [3.63, 3.8) is 0 Å². The fourth-order valence-electron chi connectivity index (χ4n) is 2.83. The maximum absolute atomic E-state index is 12.5. The normalized spacial score (nSPS) is 13.9. The smallest absolute Gasteiger partial charge is 0.325 e. The Morgan fingerprint density at radius 2 is 1.92 bits per heavy atom. The predicted octanol–water partition coefficient (Wildman–Crippen LogP) is 2.88. The minimum atomic E-state index is -0.199. The number of aryl methyl sites for hydroxylation is 1. The van der Waals surface area contributed by atoms with Crippen LogP contribution < -0.4 is 15.0 Å². The summed E-state index contributed by atoms with van der Waals surface area (Å²) in [7, 11) is 1.60. The van der Waals surface area contributed by atoms with Gasteiger partial charge in [0.1, 0.15) is 12.3 Å². The molecule has 0 aliphatic carbocycles. The second-order valence-electron chi connectivity index (χ2n) is 5.97. The lowest BCUT2D eigenvalue weighted by Crippen LogP contribution is -2.37. The first-order valence-corrected chi connectivity index (χ1v) is 8.14. The Bertz CT molecular complexity index is 774. The third-order valence-corrected chi connectivity index (χ3v) is 4.12. The second kappa shape index (κ2) is 7.25. The molecule has 1 N–H and O–H groups in total. The third kappa shape index (κ3) is 3.91. The molecule has 1 heterocycles. The Hall–Kier alpha value is -3.02. The van der Waals surface area contributed by atoms with Crippen molar-refractivity contribution in [3.8, 4) is 5.75 Å². The maximum Gasteiger partial charge on any atom is 0.325 e. The van der Waals surface area contributed by atoms with Crippen molar-refractivity contribution in [2.24, 2.45) is 0 Å². The van der Waals surface area contributed by atoms with Gasteiger partial charge < -0.3 is 15.0 Å². The topological polar surface area (TPSA) is 61.9 Å². The van der Waals surface area contributed by atoms with Gasteiger partial charge in [-0.2, -0.15) is 0 Å². The summed E-state index contributed by atoms with van der Waals surface area (Å²) in [6.45, 7) is 3.08. The van der Waals surface area contributed by atoms with Crippen molar-refractivity contribution in [2.75, 3.05) is 37.0 Å². The highest BCUT2D eigenvalue weighted by Gasteiger charge is 2.30. The van der Waals surface area contributed by atoms with Crippen LogP contribution in [0, 0.1) is 6.92 Å². The van der Waals surface area contributed by atoms with Crippen LogP contribution in [0.3, 0.4) is 0 Å². The molecule has 2 aromatic carbocycles. The van der Waals surface area contributed by atoms with Crippen LogP contribution in [0.5, 0.6) is 5.75 Å². The number of urea groups is 1. The van der Waals surface area contributed by atoms with E-state index in [-0.39, 0.29) is 18.5 Å². The second-order valence-corrected chi connectivity index (χ2v) is 5.97. The van der Waals surface area contributed by atoms with Crippen molar-refractivity contribution in [1.29, 1.82) is 0 Å². The highest BCUT2D eigenvalue weighted by Crippen LogP contribution is 2.23. The molecule has 130 valence electrons. The van der Waals surface area contributed by atoms with Crippen molar-refractivity contribution < 1.29 is 14.3 Å². The highest BCUT2D eigenvalue weighted by molar-refractivity contribution is 5.99. The number of ether oxygens (including phenoxy) is 1. The summed E-state index contributed by atoms with van der Waals surface area (Å²) in [5, 5.41) is 2.83. The van der Waals surface area contributed by atoms with Gasteiger partial charge in [0, 0.05) is 24.5 Å². The number of anilines is 2. The zero-order valence-corrected chi connectivity index (χ0v) is 14.4. The largest absolute Gasteiger partial charge is 0.497 e. The monoisotopic (exact) mass is 339 g/mol. The van der Waals surface area contributed by atoms with Gasteiger partial charge >= 0.3 is 6.03 Å². The molecule has 2 aromatic rings. The van der Waals surface area contributed by atoms with Crippen molar-refractivity contribution in [3.05, 3.63) is 54.1 Å². The average molecular weight is 339 g/mol. The third-order valence-electron chi connectivity index (χ3n) is 4.12. The summed E-state index contributed by atoms with van der Waals surface area (Å²) in [6.07, 6.45) is 0. The SMILES string of the molecule is COc1ccc(N2CCN(CC(=O)Nc3cccc(C)c3)C2=O)cc1. The van der Waals surface area contributed by atoms with Gasteiger partial charge in [-0.05, 0) is 48.9 Å². The van der Waals surface area contributed by atoms with Gasteiger partial charge in [0.25, 0.3) is 0 Å². The van der Waals surface area contributed by atoms with Gasteiger partial charge in [0.2, 0.25) is 5.91 Å². The molecule has 1 saturated heterocycles. The molecule has 0 aromatic heterocycles. The number of nitrogens with zero attached hydrogens (tertiary/aromatic N) is 2. The van der Waals surface area contributed by atoms with Crippen LogP contribution in [0.25, 0.3) is 0 Å². The van der Waals surface area contributed by atoms with Gasteiger partial charge in [-0.1, -0.05) is 12.1 Å². The van der Waals surface area contributed by atoms with Crippen LogP contribution in [0.2, 0.25) is 0 Å². The van der Waals surface area contributed by atoms with E-state index in [0.29, 0.717) is 13.1 Å². The Labute approximate surface area is 147 Å². The van der Waals surface area contributed by atoms with Gasteiger partial charge in [0.05, 0.1) is 7.11 Å². The Morgan fingerprint density at radius 3 is 2.60 bits per heavy atom. The van der Waals surface area contributed by atoms with E-state index < -0.39 is 0 Å². The number of rotatable bonds is 5. The number of carbonyl (C=O) groups excluding carboxylic acids is 2. The molecule has 1 aliphatic heterocycles. The molecule has 0 bridgehead atoms. The highest BCUT2D eigenvalue weighted by atomic mass is 16.5. The number of benzene rings is 2. The fourth-order valence-corrected chi connectivity index (χ4v) is 2.83. The van der Waals surface area contributed by atoms with E-state index in [1.807, 2.05) is 55.5 Å². The lowest BCUT2D eigenvalue weighted by atomic mass is 10.2. The van der Waals surface area contributed by atoms with Crippen LogP contribution in [0.4, 0.5) is 16.2 Å². The molecular formula is C19H21N3O3. The molecule has 3 rings (SSSR count). The molecule has 3 amide bonds. The fraction of sp³-hybridized carbons (Fsp3) is 0.263. The van der Waals surface area contributed by atoms with Gasteiger partial charge in [-0.15, -0.1) is 0 Å². The van der Waals surface area contributed by atoms with E-state index in [4.69, 9.17) is 4.74 Å². The number of amides is 3. The molecule has 0 atom stereocenters. The predicted molar refractivity (Wildman–Crippen MR) is 97.1 cm³/mol. The average Bonchev–Trinajstić information content (AvgIpc) is 2.95. The quantitative estimate of drug-likeness (QED) is 0.911. The number of nitrogens with one attached hydrogen (secondary N) is 1. The Morgan fingerprint density at radius 1 is 1.16 bits per heavy atom. The summed E-state index contributed by atoms with van der Waals surface area (Å²) < 4.78 is 5.13. The van der Waals surface area contributed by atoms with E-state index in [9.17, 15) is 9.59 Å². The molecule has 1 aliphatic rings. The molecule has 6 nitrogen and oxygen atoms in total. The molecule has 0 radical (unpaired) electrons. The zero-order valence-electron chi connectivity index (χ0n) is 14.4. The summed E-state index contributed by atoms with van der Waals surface area (Å²) >= 11 is 0. The first-order chi connectivity index (χ1) is 12.1. The van der Waals surface area contributed by atoms with E-state index >= 15 is 0 Å². The summed E-state index contributed by atoms with van der Waals surface area (Å²) in [5.74, 6) is 0.542. The van der Waals surface area contributed by atoms with Gasteiger partial charge in [-0.25, -0.2) is 4.79 Å². The lowest BCUT2D eigenvalue weighted by molar-refractivity contribution is -0.116. The van der Waals surface area contributed by atoms with Crippen LogP contribution >= 0.6 is 0 Å². The Balaban J connectivity index is 1.60. The first-order valence-electron chi connectivity index (χ1n) is 8.14. The van der Waals surface area contributed by atoms with E-state index in [0.717, 1.165) is 22.7 Å². The van der Waals surface area contributed by atoms with Crippen LogP contribution in [0.1, 0.15) is 5.56 Å². The molecule has 6 heteroatoms. The summed E-state index contributed by atoms with van der Waals surface area (Å²) in [5.41, 5.74) is 2.61.